The number of halogens is 1. The molecule has 1 amide bonds. The van der Waals surface area contributed by atoms with Gasteiger partial charge in [0, 0.05) is 12.2 Å². The Morgan fingerprint density at radius 1 is 1.39 bits per heavy atom. The molecule has 1 unspecified atom stereocenters. The smallest absolute Gasteiger partial charge is 0.224 e. The Morgan fingerprint density at radius 2 is 2.00 bits per heavy atom. The monoisotopic (exact) mass is 315 g/mol. The molecule has 1 heterocycles. The van der Waals surface area contributed by atoms with Crippen LogP contribution < -0.4 is 5.32 Å². The molecule has 0 bridgehead atoms. The number of carbonyl (C=O) groups excluding carboxylic acids is 1. The number of carbonyl (C=O) groups is 1. The van der Waals surface area contributed by atoms with E-state index in [4.69, 9.17) is 0 Å². The quantitative estimate of drug-likeness (QED) is 0.908. The SMILES string of the molecule is Cc1nn(CC(C)C(=O)NCC(C)C)c(C)c1Br. The van der Waals surface area contributed by atoms with E-state index in [9.17, 15) is 4.79 Å². The zero-order valence-corrected chi connectivity index (χ0v) is 13.3. The van der Waals surface area contributed by atoms with Crippen molar-refractivity contribution in [1.82, 2.24) is 15.1 Å². The Kier molecular flexibility index (Phi) is 5.38. The molecule has 0 aromatic carbocycles. The van der Waals surface area contributed by atoms with Gasteiger partial charge in [-0.2, -0.15) is 5.10 Å². The van der Waals surface area contributed by atoms with E-state index in [0.29, 0.717) is 12.5 Å². The second kappa shape index (κ2) is 6.36. The maximum absolute atomic E-state index is 11.9. The molecule has 1 atom stereocenters. The van der Waals surface area contributed by atoms with Gasteiger partial charge in [-0.3, -0.25) is 9.48 Å². The number of nitrogens with zero attached hydrogens (tertiary/aromatic N) is 2. The van der Waals surface area contributed by atoms with Crippen LogP contribution in [0.25, 0.3) is 0 Å². The van der Waals surface area contributed by atoms with Gasteiger partial charge >= 0.3 is 0 Å². The number of amides is 1. The summed E-state index contributed by atoms with van der Waals surface area (Å²) in [6, 6.07) is 0. The first-order valence-corrected chi connectivity index (χ1v) is 7.09. The molecule has 1 aromatic heterocycles. The highest BCUT2D eigenvalue weighted by molar-refractivity contribution is 9.10. The Hall–Kier alpha value is -0.840. The van der Waals surface area contributed by atoms with Crippen LogP contribution in [-0.2, 0) is 11.3 Å². The van der Waals surface area contributed by atoms with Crippen LogP contribution in [0.5, 0.6) is 0 Å². The van der Waals surface area contributed by atoms with Crippen LogP contribution >= 0.6 is 15.9 Å². The number of hydrogen-bond donors (Lipinski definition) is 1. The zero-order chi connectivity index (χ0) is 13.9. The minimum Gasteiger partial charge on any atom is -0.356 e. The summed E-state index contributed by atoms with van der Waals surface area (Å²) in [5.41, 5.74) is 2.03. The van der Waals surface area contributed by atoms with E-state index in [2.05, 4.69) is 40.2 Å². The molecular formula is C13H22BrN3O. The van der Waals surface area contributed by atoms with Gasteiger partial charge in [-0.1, -0.05) is 20.8 Å². The van der Waals surface area contributed by atoms with E-state index in [1.165, 1.54) is 0 Å². The number of rotatable bonds is 5. The van der Waals surface area contributed by atoms with Gasteiger partial charge in [-0.05, 0) is 35.7 Å². The second-order valence-corrected chi connectivity index (χ2v) is 6.00. The number of nitrogens with one attached hydrogen (secondary N) is 1. The molecule has 0 saturated heterocycles. The van der Waals surface area contributed by atoms with Crippen molar-refractivity contribution in [2.24, 2.45) is 11.8 Å². The van der Waals surface area contributed by atoms with Gasteiger partial charge in [0.2, 0.25) is 5.91 Å². The largest absolute Gasteiger partial charge is 0.356 e. The van der Waals surface area contributed by atoms with Crippen molar-refractivity contribution >= 4 is 21.8 Å². The van der Waals surface area contributed by atoms with E-state index in [1.807, 2.05) is 25.5 Å². The summed E-state index contributed by atoms with van der Waals surface area (Å²) in [5.74, 6) is 0.491. The lowest BCUT2D eigenvalue weighted by Crippen LogP contribution is -2.34. The van der Waals surface area contributed by atoms with Crippen molar-refractivity contribution in [2.45, 2.75) is 41.2 Å². The molecule has 0 aliphatic carbocycles. The Labute approximate surface area is 117 Å². The minimum atomic E-state index is -0.0753. The van der Waals surface area contributed by atoms with Gasteiger partial charge < -0.3 is 5.32 Å². The average Bonchev–Trinajstić information content (AvgIpc) is 2.53. The van der Waals surface area contributed by atoms with Gasteiger partial charge in [-0.25, -0.2) is 0 Å². The van der Waals surface area contributed by atoms with Gasteiger partial charge in [0.25, 0.3) is 0 Å². The van der Waals surface area contributed by atoms with Crippen LogP contribution in [0.15, 0.2) is 4.47 Å². The van der Waals surface area contributed by atoms with E-state index < -0.39 is 0 Å². The predicted molar refractivity (Wildman–Crippen MR) is 76.4 cm³/mol. The molecule has 1 aromatic rings. The highest BCUT2D eigenvalue weighted by Gasteiger charge is 2.16. The highest BCUT2D eigenvalue weighted by atomic mass is 79.9. The molecule has 0 saturated carbocycles. The fourth-order valence-corrected chi connectivity index (χ4v) is 1.96. The van der Waals surface area contributed by atoms with Crippen molar-refractivity contribution in [3.63, 3.8) is 0 Å². The van der Waals surface area contributed by atoms with Gasteiger partial charge in [0.1, 0.15) is 0 Å². The number of aryl methyl sites for hydroxylation is 1. The maximum Gasteiger partial charge on any atom is 0.224 e. The summed E-state index contributed by atoms with van der Waals surface area (Å²) in [7, 11) is 0. The molecule has 0 spiro atoms. The first kappa shape index (κ1) is 15.2. The van der Waals surface area contributed by atoms with Crippen LogP contribution in [0.3, 0.4) is 0 Å². The number of hydrogen-bond acceptors (Lipinski definition) is 2. The lowest BCUT2D eigenvalue weighted by atomic mass is 10.1. The lowest BCUT2D eigenvalue weighted by Gasteiger charge is -2.14. The third-order valence-corrected chi connectivity index (χ3v) is 4.02. The van der Waals surface area contributed by atoms with Crippen molar-refractivity contribution in [3.8, 4) is 0 Å². The maximum atomic E-state index is 11.9. The summed E-state index contributed by atoms with van der Waals surface area (Å²) in [6.45, 7) is 11.4. The molecule has 0 fully saturated rings. The fourth-order valence-electron chi connectivity index (χ4n) is 1.67. The molecule has 4 nitrogen and oxygen atoms in total. The molecular weight excluding hydrogens is 294 g/mol. The summed E-state index contributed by atoms with van der Waals surface area (Å²) < 4.78 is 2.91. The minimum absolute atomic E-state index is 0.0753. The summed E-state index contributed by atoms with van der Waals surface area (Å²) >= 11 is 3.49. The highest BCUT2D eigenvalue weighted by Crippen LogP contribution is 2.20. The Morgan fingerprint density at radius 3 is 2.44 bits per heavy atom. The van der Waals surface area contributed by atoms with Crippen molar-refractivity contribution in [2.75, 3.05) is 6.54 Å². The van der Waals surface area contributed by atoms with Gasteiger partial charge in [-0.15, -0.1) is 0 Å². The predicted octanol–water partition coefficient (Wildman–Crippen LogP) is 2.67. The Bertz CT molecular complexity index is 426. The summed E-state index contributed by atoms with van der Waals surface area (Å²) in [4.78, 5) is 11.9. The van der Waals surface area contributed by atoms with E-state index in [-0.39, 0.29) is 11.8 Å². The van der Waals surface area contributed by atoms with E-state index >= 15 is 0 Å². The fraction of sp³-hybridized carbons (Fsp3) is 0.692. The van der Waals surface area contributed by atoms with Crippen LogP contribution in [0.1, 0.15) is 32.2 Å². The van der Waals surface area contributed by atoms with Crippen LogP contribution in [0.2, 0.25) is 0 Å². The molecule has 102 valence electrons. The average molecular weight is 316 g/mol. The molecule has 1 N–H and O–H groups in total. The van der Waals surface area contributed by atoms with Gasteiger partial charge in [0.05, 0.1) is 22.6 Å². The van der Waals surface area contributed by atoms with E-state index in [0.717, 1.165) is 22.4 Å². The first-order chi connectivity index (χ1) is 8.32. The second-order valence-electron chi connectivity index (χ2n) is 5.21. The Balaban J connectivity index is 2.61. The lowest BCUT2D eigenvalue weighted by molar-refractivity contribution is -0.125. The molecule has 18 heavy (non-hydrogen) atoms. The summed E-state index contributed by atoms with van der Waals surface area (Å²) in [5, 5.41) is 7.37. The third kappa shape index (κ3) is 3.83. The van der Waals surface area contributed by atoms with Crippen molar-refractivity contribution in [3.05, 3.63) is 15.9 Å². The third-order valence-electron chi connectivity index (χ3n) is 2.87. The zero-order valence-electron chi connectivity index (χ0n) is 11.7. The normalized spacial score (nSPS) is 12.8. The standard InChI is InChI=1S/C13H22BrN3O/c1-8(2)6-15-13(18)9(3)7-17-11(5)12(14)10(4)16-17/h8-9H,6-7H2,1-5H3,(H,15,18). The van der Waals surface area contributed by atoms with Gasteiger partial charge in [0.15, 0.2) is 0 Å². The van der Waals surface area contributed by atoms with Crippen LogP contribution in [0, 0.1) is 25.7 Å². The van der Waals surface area contributed by atoms with Crippen LogP contribution in [0.4, 0.5) is 0 Å². The summed E-state index contributed by atoms with van der Waals surface area (Å²) in [6.07, 6.45) is 0. The first-order valence-electron chi connectivity index (χ1n) is 6.30. The topological polar surface area (TPSA) is 46.9 Å². The van der Waals surface area contributed by atoms with E-state index in [1.54, 1.807) is 0 Å². The molecule has 0 aliphatic heterocycles. The number of aromatic nitrogens is 2. The van der Waals surface area contributed by atoms with Crippen LogP contribution in [-0.4, -0.2) is 22.2 Å². The van der Waals surface area contributed by atoms with Crippen molar-refractivity contribution in [1.29, 1.82) is 0 Å². The molecule has 0 aliphatic rings. The van der Waals surface area contributed by atoms with Crippen molar-refractivity contribution < 1.29 is 4.79 Å². The molecule has 5 heteroatoms. The molecule has 0 radical (unpaired) electrons. The molecule has 1 rings (SSSR count).